The summed E-state index contributed by atoms with van der Waals surface area (Å²) in [4.78, 5) is 11.6. The van der Waals surface area contributed by atoms with Crippen molar-refractivity contribution in [3.63, 3.8) is 0 Å². The van der Waals surface area contributed by atoms with Gasteiger partial charge < -0.3 is 10.1 Å². The van der Waals surface area contributed by atoms with Crippen molar-refractivity contribution in [1.29, 1.82) is 0 Å². The quantitative estimate of drug-likeness (QED) is 0.812. The second kappa shape index (κ2) is 5.11. The lowest BCUT2D eigenvalue weighted by Gasteiger charge is -2.14. The highest BCUT2D eigenvalue weighted by molar-refractivity contribution is 5.80. The van der Waals surface area contributed by atoms with Gasteiger partial charge in [0.25, 0.3) is 0 Å². The monoisotopic (exact) mass is 247 g/mol. The third kappa shape index (κ3) is 2.72. The molecule has 2 rings (SSSR count). The smallest absolute Gasteiger partial charge is 0.313 e. The number of nitrogens with one attached hydrogen (secondary N) is 1. The highest BCUT2D eigenvalue weighted by Gasteiger charge is 2.50. The van der Waals surface area contributed by atoms with Crippen molar-refractivity contribution in [3.8, 4) is 0 Å². The van der Waals surface area contributed by atoms with E-state index in [1.165, 1.54) is 23.8 Å². The Morgan fingerprint density at radius 1 is 1.33 bits per heavy atom. The number of benzene rings is 1. The molecule has 0 aliphatic heterocycles. The fraction of sp³-hybridized carbons (Fsp3) is 0.533. The van der Waals surface area contributed by atoms with E-state index in [4.69, 9.17) is 4.74 Å². The van der Waals surface area contributed by atoms with Gasteiger partial charge in [-0.1, -0.05) is 18.2 Å². The fourth-order valence-corrected chi connectivity index (χ4v) is 2.18. The van der Waals surface area contributed by atoms with Crippen molar-refractivity contribution in [2.24, 2.45) is 5.41 Å². The van der Waals surface area contributed by atoms with Gasteiger partial charge in [0, 0.05) is 13.1 Å². The molecule has 0 saturated heterocycles. The van der Waals surface area contributed by atoms with Gasteiger partial charge in [-0.3, -0.25) is 4.79 Å². The lowest BCUT2D eigenvalue weighted by Crippen LogP contribution is -2.30. The third-order valence-electron chi connectivity index (χ3n) is 3.84. The average molecular weight is 247 g/mol. The van der Waals surface area contributed by atoms with Gasteiger partial charge in [-0.05, 0) is 43.4 Å². The summed E-state index contributed by atoms with van der Waals surface area (Å²) in [7, 11) is 1.46. The van der Waals surface area contributed by atoms with Crippen LogP contribution in [-0.2, 0) is 16.1 Å². The minimum absolute atomic E-state index is 0.0740. The van der Waals surface area contributed by atoms with Gasteiger partial charge in [-0.15, -0.1) is 0 Å². The van der Waals surface area contributed by atoms with Crippen LogP contribution in [0.5, 0.6) is 0 Å². The van der Waals surface area contributed by atoms with Gasteiger partial charge in [0.2, 0.25) is 0 Å². The van der Waals surface area contributed by atoms with E-state index in [-0.39, 0.29) is 11.4 Å². The van der Waals surface area contributed by atoms with Gasteiger partial charge in [0.1, 0.15) is 0 Å². The predicted octanol–water partition coefficient (Wildman–Crippen LogP) is 2.35. The minimum Gasteiger partial charge on any atom is -0.469 e. The lowest BCUT2D eigenvalue weighted by molar-refractivity contribution is -0.146. The van der Waals surface area contributed by atoms with E-state index in [1.54, 1.807) is 0 Å². The van der Waals surface area contributed by atoms with Crippen molar-refractivity contribution in [2.75, 3.05) is 13.7 Å². The highest BCUT2D eigenvalue weighted by atomic mass is 16.5. The largest absolute Gasteiger partial charge is 0.469 e. The maximum absolute atomic E-state index is 11.6. The first kappa shape index (κ1) is 13.1. The zero-order valence-corrected chi connectivity index (χ0v) is 11.4. The van der Waals surface area contributed by atoms with E-state index in [0.717, 1.165) is 19.4 Å². The number of hydrogen-bond acceptors (Lipinski definition) is 3. The molecular weight excluding hydrogens is 226 g/mol. The number of carbonyl (C=O) groups is 1. The van der Waals surface area contributed by atoms with Crippen LogP contribution in [0.1, 0.15) is 29.5 Å². The highest BCUT2D eigenvalue weighted by Crippen LogP contribution is 2.46. The molecule has 0 radical (unpaired) electrons. The van der Waals surface area contributed by atoms with Gasteiger partial charge >= 0.3 is 5.97 Å². The molecule has 1 aromatic carbocycles. The number of ether oxygens (including phenoxy) is 1. The van der Waals surface area contributed by atoms with Crippen LogP contribution in [0.15, 0.2) is 18.2 Å². The molecule has 0 bridgehead atoms. The first-order valence-electron chi connectivity index (χ1n) is 6.43. The third-order valence-corrected chi connectivity index (χ3v) is 3.84. The second-order valence-electron chi connectivity index (χ2n) is 5.29. The summed E-state index contributed by atoms with van der Waals surface area (Å²) in [6, 6.07) is 6.46. The molecule has 0 spiro atoms. The molecule has 1 saturated carbocycles. The van der Waals surface area contributed by atoms with E-state index in [1.807, 2.05) is 0 Å². The average Bonchev–Trinajstić information content (AvgIpc) is 3.14. The number of hydrogen-bond donors (Lipinski definition) is 1. The summed E-state index contributed by atoms with van der Waals surface area (Å²) in [6.07, 6.45) is 1.89. The SMILES string of the molecule is COC(=O)C1(CNCc2ccc(C)c(C)c2)CC1. The molecule has 1 aliphatic rings. The lowest BCUT2D eigenvalue weighted by atomic mass is 10.1. The maximum Gasteiger partial charge on any atom is 0.313 e. The van der Waals surface area contributed by atoms with Gasteiger partial charge in [0.05, 0.1) is 12.5 Å². The molecule has 0 amide bonds. The predicted molar refractivity (Wildman–Crippen MR) is 71.3 cm³/mol. The summed E-state index contributed by atoms with van der Waals surface area (Å²) >= 11 is 0. The molecule has 1 aromatic rings. The first-order chi connectivity index (χ1) is 8.57. The van der Waals surface area contributed by atoms with Gasteiger partial charge in [-0.25, -0.2) is 0 Å². The van der Waals surface area contributed by atoms with E-state index in [2.05, 4.69) is 37.4 Å². The van der Waals surface area contributed by atoms with E-state index >= 15 is 0 Å². The zero-order valence-electron chi connectivity index (χ0n) is 11.4. The Morgan fingerprint density at radius 2 is 2.06 bits per heavy atom. The van der Waals surface area contributed by atoms with Crippen LogP contribution in [-0.4, -0.2) is 19.6 Å². The van der Waals surface area contributed by atoms with Gasteiger partial charge in [-0.2, -0.15) is 0 Å². The minimum atomic E-state index is -0.242. The molecule has 1 aliphatic carbocycles. The Kier molecular flexibility index (Phi) is 3.71. The van der Waals surface area contributed by atoms with Crippen molar-refractivity contribution >= 4 is 5.97 Å². The summed E-state index contributed by atoms with van der Waals surface area (Å²) in [5.74, 6) is -0.0740. The molecule has 0 unspecified atom stereocenters. The number of methoxy groups -OCH3 is 1. The molecule has 18 heavy (non-hydrogen) atoms. The molecule has 0 aromatic heterocycles. The molecule has 3 heteroatoms. The van der Waals surface area contributed by atoms with Crippen LogP contribution in [0.4, 0.5) is 0 Å². The molecule has 0 heterocycles. The number of aryl methyl sites for hydroxylation is 2. The standard InChI is InChI=1S/C15H21NO2/c1-11-4-5-13(8-12(11)2)9-16-10-15(6-7-15)14(17)18-3/h4-5,8,16H,6-7,9-10H2,1-3H3. The zero-order chi connectivity index (χ0) is 13.2. The van der Waals surface area contributed by atoms with E-state index in [0.29, 0.717) is 6.54 Å². The fourth-order valence-electron chi connectivity index (χ4n) is 2.18. The Balaban J connectivity index is 1.85. The molecular formula is C15H21NO2. The normalized spacial score (nSPS) is 16.4. The van der Waals surface area contributed by atoms with Crippen LogP contribution >= 0.6 is 0 Å². The van der Waals surface area contributed by atoms with Crippen LogP contribution < -0.4 is 5.32 Å². The summed E-state index contributed by atoms with van der Waals surface area (Å²) in [5, 5.41) is 3.37. The van der Waals surface area contributed by atoms with Crippen molar-refractivity contribution in [2.45, 2.75) is 33.2 Å². The van der Waals surface area contributed by atoms with E-state index in [9.17, 15) is 4.79 Å². The topological polar surface area (TPSA) is 38.3 Å². The number of rotatable bonds is 5. The van der Waals surface area contributed by atoms with Crippen molar-refractivity contribution in [1.82, 2.24) is 5.32 Å². The summed E-state index contributed by atoms with van der Waals surface area (Å²) < 4.78 is 4.84. The van der Waals surface area contributed by atoms with Crippen LogP contribution in [0.2, 0.25) is 0 Å². The Hall–Kier alpha value is -1.35. The number of esters is 1. The Labute approximate surface area is 109 Å². The van der Waals surface area contributed by atoms with Crippen LogP contribution in [0.25, 0.3) is 0 Å². The maximum atomic E-state index is 11.6. The first-order valence-corrected chi connectivity index (χ1v) is 6.43. The second-order valence-corrected chi connectivity index (χ2v) is 5.29. The molecule has 98 valence electrons. The summed E-state index contributed by atoms with van der Waals surface area (Å²) in [5.41, 5.74) is 3.64. The van der Waals surface area contributed by atoms with Crippen molar-refractivity contribution in [3.05, 3.63) is 34.9 Å². The van der Waals surface area contributed by atoms with Crippen molar-refractivity contribution < 1.29 is 9.53 Å². The molecule has 1 fully saturated rings. The van der Waals surface area contributed by atoms with E-state index < -0.39 is 0 Å². The Bertz CT molecular complexity index is 450. The molecule has 1 N–H and O–H groups in total. The van der Waals surface area contributed by atoms with Crippen LogP contribution in [0.3, 0.4) is 0 Å². The molecule has 3 nitrogen and oxygen atoms in total. The molecule has 0 atom stereocenters. The summed E-state index contributed by atoms with van der Waals surface area (Å²) in [6.45, 7) is 5.76. The van der Waals surface area contributed by atoms with Gasteiger partial charge in [0.15, 0.2) is 0 Å². The van der Waals surface area contributed by atoms with Crippen LogP contribution in [0, 0.1) is 19.3 Å². The number of carbonyl (C=O) groups excluding carboxylic acids is 1. The Morgan fingerprint density at radius 3 is 2.61 bits per heavy atom.